The van der Waals surface area contributed by atoms with Crippen molar-refractivity contribution in [3.63, 3.8) is 0 Å². The molecule has 4 rings (SSSR count). The number of carboxylic acid groups (broad SMARTS) is 1. The number of carboxylic acids is 1. The molecule has 0 saturated carbocycles. The predicted octanol–water partition coefficient (Wildman–Crippen LogP) is 2.82. The number of amides is 1. The summed E-state index contributed by atoms with van der Waals surface area (Å²) in [6.45, 7) is 0.249. The number of hydrogen-bond acceptors (Lipinski definition) is 7. The highest BCUT2D eigenvalue weighted by molar-refractivity contribution is 7.90. The molecule has 2 heterocycles. The number of nitrogens with two attached hydrogens (primary N) is 1. The first-order chi connectivity index (χ1) is 18.0. The lowest BCUT2D eigenvalue weighted by atomic mass is 10.0. The molecule has 1 aliphatic heterocycles. The lowest BCUT2D eigenvalue weighted by molar-refractivity contribution is -0.138. The van der Waals surface area contributed by atoms with Crippen molar-refractivity contribution in [3.8, 4) is 16.9 Å². The van der Waals surface area contributed by atoms with E-state index in [9.17, 15) is 23.1 Å². The normalized spacial score (nSPS) is 17.2. The Morgan fingerprint density at radius 3 is 2.45 bits per heavy atom. The Kier molecular flexibility index (Phi) is 7.77. The van der Waals surface area contributed by atoms with Crippen molar-refractivity contribution < 1.29 is 27.9 Å². The van der Waals surface area contributed by atoms with Gasteiger partial charge in [0, 0.05) is 37.2 Å². The Hall–Kier alpha value is -4.25. The molecule has 2 aromatic carbocycles. The number of likely N-dealkylation sites (tertiary alicyclic amines) is 1. The van der Waals surface area contributed by atoms with Crippen molar-refractivity contribution in [1.29, 1.82) is 5.41 Å². The molecule has 3 aromatic rings. The van der Waals surface area contributed by atoms with Crippen molar-refractivity contribution >= 4 is 27.5 Å². The molecule has 1 aliphatic rings. The molecular formula is C27H28N4O6S. The highest BCUT2D eigenvalue weighted by Gasteiger charge is 2.37. The molecule has 4 N–H and O–H groups in total. The largest absolute Gasteiger partial charge is 0.490 e. The molecule has 0 radical (unpaired) electrons. The van der Waals surface area contributed by atoms with E-state index in [0.717, 1.165) is 11.8 Å². The second kappa shape index (κ2) is 11.0. The lowest BCUT2D eigenvalue weighted by Gasteiger charge is -2.25. The average molecular weight is 537 g/mol. The molecule has 10 nitrogen and oxygen atoms in total. The van der Waals surface area contributed by atoms with E-state index in [2.05, 4.69) is 4.98 Å². The van der Waals surface area contributed by atoms with Gasteiger partial charge in [-0.1, -0.05) is 30.3 Å². The van der Waals surface area contributed by atoms with Gasteiger partial charge in [-0.25, -0.2) is 8.42 Å². The molecular weight excluding hydrogens is 508 g/mol. The van der Waals surface area contributed by atoms with Crippen LogP contribution in [0.25, 0.3) is 11.1 Å². The van der Waals surface area contributed by atoms with Crippen molar-refractivity contribution in [2.45, 2.75) is 23.8 Å². The van der Waals surface area contributed by atoms with Crippen LogP contribution in [0.3, 0.4) is 0 Å². The quantitative estimate of drug-likeness (QED) is 0.278. The predicted molar refractivity (Wildman–Crippen MR) is 141 cm³/mol. The Balaban J connectivity index is 1.58. The van der Waals surface area contributed by atoms with Crippen LogP contribution in [0.2, 0.25) is 0 Å². The number of benzene rings is 2. The molecule has 0 unspecified atom stereocenters. The number of nitrogen functional groups attached to an aromatic ring is 1. The summed E-state index contributed by atoms with van der Waals surface area (Å²) in [6, 6.07) is 14.5. The first-order valence-corrected chi connectivity index (χ1v) is 13.8. The van der Waals surface area contributed by atoms with Gasteiger partial charge in [-0.2, -0.15) is 0 Å². The molecule has 2 atom stereocenters. The summed E-state index contributed by atoms with van der Waals surface area (Å²) in [5.41, 5.74) is 7.83. The highest BCUT2D eigenvalue weighted by atomic mass is 32.2. The third kappa shape index (κ3) is 6.17. The highest BCUT2D eigenvalue weighted by Crippen LogP contribution is 2.32. The Labute approximate surface area is 220 Å². The summed E-state index contributed by atoms with van der Waals surface area (Å²) < 4.78 is 31.3. The van der Waals surface area contributed by atoms with E-state index < -0.39 is 21.8 Å². The second-order valence-corrected chi connectivity index (χ2v) is 11.3. The third-order valence-corrected chi connectivity index (χ3v) is 7.56. The van der Waals surface area contributed by atoms with Crippen LogP contribution in [-0.4, -0.2) is 66.6 Å². The molecule has 0 aliphatic carbocycles. The molecule has 0 bridgehead atoms. The average Bonchev–Trinajstić information content (AvgIpc) is 3.28. The minimum Gasteiger partial charge on any atom is -0.490 e. The van der Waals surface area contributed by atoms with Gasteiger partial charge in [0.1, 0.15) is 23.1 Å². The first-order valence-electron chi connectivity index (χ1n) is 11.9. The summed E-state index contributed by atoms with van der Waals surface area (Å²) in [7, 11) is -3.68. The number of aromatic nitrogens is 1. The number of ether oxygens (including phenoxy) is 1. The number of carbonyl (C=O) groups is 2. The maximum absolute atomic E-state index is 13.2. The SMILES string of the molecule is CS(=O)(=O)c1cc(-c2ccc(C(=N)N)cc2)ccc1OC[C@@H]1C[C@@H](CC(=O)O)CN1C(=O)c1cccnc1. The Morgan fingerprint density at radius 2 is 1.84 bits per heavy atom. The molecule has 11 heteroatoms. The summed E-state index contributed by atoms with van der Waals surface area (Å²) in [6.07, 6.45) is 4.43. The summed E-state index contributed by atoms with van der Waals surface area (Å²) in [5, 5.41) is 16.8. The van der Waals surface area contributed by atoms with Crippen LogP contribution in [0.4, 0.5) is 0 Å². The molecule has 38 heavy (non-hydrogen) atoms. The van der Waals surface area contributed by atoms with Crippen LogP contribution in [0.15, 0.2) is 71.9 Å². The zero-order chi connectivity index (χ0) is 27.4. The van der Waals surface area contributed by atoms with Crippen LogP contribution in [-0.2, 0) is 14.6 Å². The van der Waals surface area contributed by atoms with Gasteiger partial charge < -0.3 is 20.5 Å². The van der Waals surface area contributed by atoms with Crippen LogP contribution in [0.1, 0.15) is 28.8 Å². The number of pyridine rings is 1. The minimum atomic E-state index is -3.68. The fraction of sp³-hybridized carbons (Fsp3) is 0.259. The number of nitrogens with one attached hydrogen (secondary N) is 1. The minimum absolute atomic E-state index is 0.00268. The van der Waals surface area contributed by atoms with Crippen LogP contribution < -0.4 is 10.5 Å². The number of sulfone groups is 1. The number of hydrogen-bond donors (Lipinski definition) is 3. The summed E-state index contributed by atoms with van der Waals surface area (Å²) in [5.74, 6) is -1.40. The number of amidine groups is 1. The topological polar surface area (TPSA) is 164 Å². The van der Waals surface area contributed by atoms with Crippen LogP contribution in [0.5, 0.6) is 5.75 Å². The number of aliphatic carboxylic acids is 1. The fourth-order valence-corrected chi connectivity index (χ4v) is 5.43. The standard InChI is InChI=1S/C27H28N4O6S/c1-38(35,36)24-13-20(18-4-6-19(7-5-18)26(28)29)8-9-23(24)37-16-22-11-17(12-25(32)33)15-31(22)27(34)21-3-2-10-30-14-21/h2-10,13-14,17,22H,11-12,15-16H2,1H3,(H3,28,29)(H,32,33)/t17-,22-/m0/s1. The zero-order valence-corrected chi connectivity index (χ0v) is 21.5. The second-order valence-electron chi connectivity index (χ2n) is 9.29. The van der Waals surface area contributed by atoms with Crippen LogP contribution >= 0.6 is 0 Å². The maximum atomic E-state index is 13.2. The number of carbonyl (C=O) groups excluding carboxylic acids is 1. The van der Waals surface area contributed by atoms with Gasteiger partial charge in [0.15, 0.2) is 9.84 Å². The Morgan fingerprint density at radius 1 is 1.13 bits per heavy atom. The van der Waals surface area contributed by atoms with Crippen molar-refractivity contribution in [2.24, 2.45) is 11.7 Å². The Bertz CT molecular complexity index is 1460. The van der Waals surface area contributed by atoms with Crippen molar-refractivity contribution in [1.82, 2.24) is 9.88 Å². The molecule has 1 amide bonds. The zero-order valence-electron chi connectivity index (χ0n) is 20.7. The van der Waals surface area contributed by atoms with Gasteiger partial charge in [0.2, 0.25) is 0 Å². The van der Waals surface area contributed by atoms with Gasteiger partial charge in [-0.05, 0) is 47.7 Å². The molecule has 1 aromatic heterocycles. The van der Waals surface area contributed by atoms with Crippen LogP contribution in [0, 0.1) is 11.3 Å². The van der Waals surface area contributed by atoms with Gasteiger partial charge in [-0.15, -0.1) is 0 Å². The van der Waals surface area contributed by atoms with E-state index in [4.69, 9.17) is 15.9 Å². The van der Waals surface area contributed by atoms with E-state index >= 15 is 0 Å². The van der Waals surface area contributed by atoms with Gasteiger partial charge in [0.25, 0.3) is 5.91 Å². The van der Waals surface area contributed by atoms with E-state index in [0.29, 0.717) is 23.1 Å². The molecule has 0 spiro atoms. The van der Waals surface area contributed by atoms with Gasteiger partial charge >= 0.3 is 5.97 Å². The number of rotatable bonds is 9. The fourth-order valence-electron chi connectivity index (χ4n) is 4.60. The molecule has 1 fully saturated rings. The van der Waals surface area contributed by atoms with E-state index in [-0.39, 0.29) is 47.9 Å². The smallest absolute Gasteiger partial charge is 0.303 e. The van der Waals surface area contributed by atoms with Crippen molar-refractivity contribution in [3.05, 3.63) is 78.1 Å². The van der Waals surface area contributed by atoms with Gasteiger partial charge in [-0.3, -0.25) is 20.0 Å². The monoisotopic (exact) mass is 536 g/mol. The van der Waals surface area contributed by atoms with E-state index in [1.54, 1.807) is 59.6 Å². The third-order valence-electron chi connectivity index (χ3n) is 6.44. The van der Waals surface area contributed by atoms with Gasteiger partial charge in [0.05, 0.1) is 11.6 Å². The van der Waals surface area contributed by atoms with E-state index in [1.165, 1.54) is 12.3 Å². The van der Waals surface area contributed by atoms with E-state index in [1.807, 2.05) is 0 Å². The molecule has 198 valence electrons. The lowest BCUT2D eigenvalue weighted by Crippen LogP contribution is -2.39. The summed E-state index contributed by atoms with van der Waals surface area (Å²) in [4.78, 5) is 30.0. The first kappa shape index (κ1) is 26.8. The summed E-state index contributed by atoms with van der Waals surface area (Å²) >= 11 is 0. The van der Waals surface area contributed by atoms with Crippen molar-refractivity contribution in [2.75, 3.05) is 19.4 Å². The maximum Gasteiger partial charge on any atom is 0.303 e. The molecule has 1 saturated heterocycles. The number of nitrogens with zero attached hydrogens (tertiary/aromatic N) is 2.